The Labute approximate surface area is 189 Å². The number of carbonyl (C=O) groups excluding carboxylic acids is 2. The molecule has 0 fully saturated rings. The molecule has 1 atom stereocenters. The molecule has 0 radical (unpaired) electrons. The molecule has 9 heteroatoms. The minimum absolute atomic E-state index is 0.121. The molecule has 4 rings (SSSR count). The van der Waals surface area contributed by atoms with Crippen molar-refractivity contribution in [1.29, 1.82) is 0 Å². The normalized spacial score (nSPS) is 14.7. The minimum atomic E-state index is -0.518. The molecule has 0 spiro atoms. The summed E-state index contributed by atoms with van der Waals surface area (Å²) in [5.74, 6) is 1.82. The lowest BCUT2D eigenvalue weighted by atomic mass is 10.1. The second-order valence-corrected chi connectivity index (χ2v) is 8.03. The molecule has 0 saturated heterocycles. The van der Waals surface area contributed by atoms with Gasteiger partial charge in [0, 0.05) is 17.4 Å². The summed E-state index contributed by atoms with van der Waals surface area (Å²) in [6.07, 6.45) is 0.390. The number of benzene rings is 2. The molecule has 3 aromatic rings. The molecule has 166 valence electrons. The number of hydrogen-bond acceptors (Lipinski definition) is 7. The van der Waals surface area contributed by atoms with Crippen molar-refractivity contribution < 1.29 is 23.8 Å². The highest BCUT2D eigenvalue weighted by molar-refractivity contribution is 7.14. The third kappa shape index (κ3) is 5.17. The van der Waals surface area contributed by atoms with E-state index in [1.807, 2.05) is 41.8 Å². The van der Waals surface area contributed by atoms with E-state index in [1.54, 1.807) is 20.1 Å². The molecular formula is C23H23N3O5S. The number of hydrogen-bond donors (Lipinski definition) is 2. The lowest BCUT2D eigenvalue weighted by molar-refractivity contribution is -0.122. The van der Waals surface area contributed by atoms with Gasteiger partial charge in [0.25, 0.3) is 5.91 Å². The molecule has 2 aromatic carbocycles. The van der Waals surface area contributed by atoms with Gasteiger partial charge in [-0.05, 0) is 55.8 Å². The highest BCUT2D eigenvalue weighted by Gasteiger charge is 2.24. The fourth-order valence-electron chi connectivity index (χ4n) is 3.11. The molecule has 1 aliphatic heterocycles. The summed E-state index contributed by atoms with van der Waals surface area (Å²) < 4.78 is 16.3. The van der Waals surface area contributed by atoms with E-state index in [4.69, 9.17) is 14.2 Å². The summed E-state index contributed by atoms with van der Waals surface area (Å²) >= 11 is 1.35. The topological polar surface area (TPSA) is 98.8 Å². The predicted octanol–water partition coefficient (Wildman–Crippen LogP) is 4.34. The van der Waals surface area contributed by atoms with Gasteiger partial charge in [-0.3, -0.25) is 9.59 Å². The number of nitrogens with zero attached hydrogens (tertiary/aromatic N) is 1. The first-order valence-corrected chi connectivity index (χ1v) is 11.0. The van der Waals surface area contributed by atoms with Crippen molar-refractivity contribution in [3.05, 3.63) is 47.8 Å². The molecule has 1 unspecified atom stereocenters. The molecule has 0 aliphatic carbocycles. The molecule has 2 amide bonds. The minimum Gasteiger partial charge on any atom is -0.497 e. The van der Waals surface area contributed by atoms with Crippen LogP contribution in [0, 0.1) is 0 Å². The van der Waals surface area contributed by atoms with E-state index in [1.165, 1.54) is 11.3 Å². The van der Waals surface area contributed by atoms with E-state index in [2.05, 4.69) is 15.6 Å². The molecule has 8 nitrogen and oxygen atoms in total. The van der Waals surface area contributed by atoms with E-state index in [9.17, 15) is 9.59 Å². The molecule has 0 bridgehead atoms. The van der Waals surface area contributed by atoms with Gasteiger partial charge in [0.2, 0.25) is 5.91 Å². The third-order valence-electron chi connectivity index (χ3n) is 4.83. The van der Waals surface area contributed by atoms with Crippen LogP contribution in [0.5, 0.6) is 17.2 Å². The van der Waals surface area contributed by atoms with Gasteiger partial charge < -0.3 is 24.8 Å². The Kier molecular flexibility index (Phi) is 6.55. The first-order chi connectivity index (χ1) is 15.5. The van der Waals surface area contributed by atoms with Crippen molar-refractivity contribution in [2.24, 2.45) is 0 Å². The van der Waals surface area contributed by atoms with Gasteiger partial charge in [-0.15, -0.1) is 11.3 Å². The number of fused-ring (bicyclic) bond motifs is 1. The molecule has 32 heavy (non-hydrogen) atoms. The first-order valence-electron chi connectivity index (χ1n) is 10.2. The van der Waals surface area contributed by atoms with Crippen molar-refractivity contribution in [2.75, 3.05) is 24.4 Å². The van der Waals surface area contributed by atoms with Crippen LogP contribution in [-0.4, -0.2) is 36.6 Å². The van der Waals surface area contributed by atoms with E-state index in [0.29, 0.717) is 41.7 Å². The molecule has 1 aromatic heterocycles. The maximum absolute atomic E-state index is 12.2. The van der Waals surface area contributed by atoms with Crippen LogP contribution >= 0.6 is 11.3 Å². The molecule has 0 saturated carbocycles. The maximum Gasteiger partial charge on any atom is 0.265 e. The van der Waals surface area contributed by atoms with Crippen molar-refractivity contribution >= 4 is 34.0 Å². The Hall–Kier alpha value is -3.59. The fourth-order valence-corrected chi connectivity index (χ4v) is 3.84. The van der Waals surface area contributed by atoms with E-state index >= 15 is 0 Å². The largest absolute Gasteiger partial charge is 0.497 e. The highest BCUT2D eigenvalue weighted by Crippen LogP contribution is 2.35. The average molecular weight is 454 g/mol. The number of thiazole rings is 1. The highest BCUT2D eigenvalue weighted by atomic mass is 32.1. The molecular weight excluding hydrogens is 430 g/mol. The monoisotopic (exact) mass is 453 g/mol. The quantitative estimate of drug-likeness (QED) is 0.493. The van der Waals surface area contributed by atoms with Crippen LogP contribution in [0.2, 0.25) is 0 Å². The van der Waals surface area contributed by atoms with Crippen LogP contribution in [-0.2, 0) is 9.59 Å². The number of rotatable bonds is 8. The second kappa shape index (κ2) is 9.69. The molecule has 2 N–H and O–H groups in total. The number of aromatic nitrogens is 1. The molecule has 1 aliphatic rings. The zero-order chi connectivity index (χ0) is 22.5. The van der Waals surface area contributed by atoms with Crippen LogP contribution in [0.4, 0.5) is 10.8 Å². The Morgan fingerprint density at radius 1 is 1.22 bits per heavy atom. The zero-order valence-electron chi connectivity index (χ0n) is 17.7. The Balaban J connectivity index is 1.27. The fraction of sp³-hybridized carbons (Fsp3) is 0.261. The van der Waals surface area contributed by atoms with Gasteiger partial charge in [-0.25, -0.2) is 4.98 Å². The molecule has 2 heterocycles. The maximum atomic E-state index is 12.2. The van der Waals surface area contributed by atoms with Crippen LogP contribution in [0.3, 0.4) is 0 Å². The van der Waals surface area contributed by atoms with Gasteiger partial charge in [0.05, 0.1) is 25.1 Å². The van der Waals surface area contributed by atoms with Gasteiger partial charge in [-0.1, -0.05) is 0 Å². The van der Waals surface area contributed by atoms with E-state index in [0.717, 1.165) is 17.1 Å². The summed E-state index contributed by atoms with van der Waals surface area (Å²) in [6.45, 7) is 2.14. The first kappa shape index (κ1) is 21.6. The standard InChI is InChI=1S/C23H23N3O5S/c1-14-22(28)24-18-12-15(5-10-20(18)31-14)19-13-32-23(25-19)26-21(27)4-3-11-30-17-8-6-16(29-2)7-9-17/h5-10,12-14H,3-4,11H2,1-2H3,(H,24,28)(H,25,26,27). The van der Waals surface area contributed by atoms with Gasteiger partial charge >= 0.3 is 0 Å². The number of amides is 2. The third-order valence-corrected chi connectivity index (χ3v) is 5.59. The Morgan fingerprint density at radius 2 is 2.00 bits per heavy atom. The lowest BCUT2D eigenvalue weighted by Crippen LogP contribution is -2.34. The van der Waals surface area contributed by atoms with Crippen molar-refractivity contribution in [1.82, 2.24) is 4.98 Å². The Morgan fingerprint density at radius 3 is 2.78 bits per heavy atom. The number of carbonyl (C=O) groups is 2. The van der Waals surface area contributed by atoms with Crippen molar-refractivity contribution in [3.63, 3.8) is 0 Å². The van der Waals surface area contributed by atoms with Crippen LogP contribution < -0.4 is 24.8 Å². The smallest absolute Gasteiger partial charge is 0.265 e. The van der Waals surface area contributed by atoms with Crippen LogP contribution in [0.25, 0.3) is 11.3 Å². The van der Waals surface area contributed by atoms with E-state index < -0.39 is 6.10 Å². The predicted molar refractivity (Wildman–Crippen MR) is 123 cm³/mol. The average Bonchev–Trinajstić information content (AvgIpc) is 3.26. The zero-order valence-corrected chi connectivity index (χ0v) is 18.5. The lowest BCUT2D eigenvalue weighted by Gasteiger charge is -2.23. The Bertz CT molecular complexity index is 1110. The SMILES string of the molecule is COc1ccc(OCCCC(=O)Nc2nc(-c3ccc4c(c3)NC(=O)C(C)O4)cs2)cc1. The summed E-state index contributed by atoms with van der Waals surface area (Å²) in [7, 11) is 1.61. The number of methoxy groups -OCH3 is 1. The van der Waals surface area contributed by atoms with Gasteiger partial charge in [0.15, 0.2) is 11.2 Å². The van der Waals surface area contributed by atoms with Crippen molar-refractivity contribution in [3.8, 4) is 28.5 Å². The van der Waals surface area contributed by atoms with E-state index in [-0.39, 0.29) is 11.8 Å². The number of ether oxygens (including phenoxy) is 3. The van der Waals surface area contributed by atoms with Crippen LogP contribution in [0.15, 0.2) is 47.8 Å². The summed E-state index contributed by atoms with van der Waals surface area (Å²) in [5.41, 5.74) is 2.15. The summed E-state index contributed by atoms with van der Waals surface area (Å²) in [6, 6.07) is 12.8. The number of nitrogens with one attached hydrogen (secondary N) is 2. The second-order valence-electron chi connectivity index (χ2n) is 7.17. The summed E-state index contributed by atoms with van der Waals surface area (Å²) in [5, 5.41) is 8.03. The van der Waals surface area contributed by atoms with Crippen LogP contribution in [0.1, 0.15) is 19.8 Å². The number of anilines is 2. The van der Waals surface area contributed by atoms with Gasteiger partial charge in [0.1, 0.15) is 17.2 Å². The summed E-state index contributed by atoms with van der Waals surface area (Å²) in [4.78, 5) is 28.6. The van der Waals surface area contributed by atoms with Crippen molar-refractivity contribution in [2.45, 2.75) is 25.9 Å². The van der Waals surface area contributed by atoms with Gasteiger partial charge in [-0.2, -0.15) is 0 Å².